The molecule has 2 aromatic heterocycles. The van der Waals surface area contributed by atoms with E-state index < -0.39 is 0 Å². The highest BCUT2D eigenvalue weighted by Gasteiger charge is 2.32. The second kappa shape index (κ2) is 3.32. The maximum atomic E-state index is 5.98. The molecule has 0 atom stereocenters. The topological polar surface area (TPSA) is 74.6 Å². The lowest BCUT2D eigenvalue weighted by atomic mass is 10.0. The Labute approximate surface area is 99.4 Å². The fourth-order valence-corrected chi connectivity index (χ4v) is 1.93. The summed E-state index contributed by atoms with van der Waals surface area (Å²) < 4.78 is 1.92. The largest absolute Gasteiger partial charge is 0.384 e. The van der Waals surface area contributed by atoms with Gasteiger partial charge in [-0.15, -0.1) is 0 Å². The molecule has 2 N–H and O–H groups in total. The highest BCUT2D eigenvalue weighted by molar-refractivity contribution is 5.35. The summed E-state index contributed by atoms with van der Waals surface area (Å²) in [4.78, 5) is 1.66. The molecule has 0 saturated heterocycles. The van der Waals surface area contributed by atoms with E-state index in [1.165, 1.54) is 12.8 Å². The molecule has 17 heavy (non-hydrogen) atoms. The van der Waals surface area contributed by atoms with E-state index in [1.807, 2.05) is 24.6 Å². The summed E-state index contributed by atoms with van der Waals surface area (Å²) in [5.74, 6) is 0.725. The van der Waals surface area contributed by atoms with Gasteiger partial charge in [0.15, 0.2) is 0 Å². The summed E-state index contributed by atoms with van der Waals surface area (Å²) in [6.07, 6.45) is 5.68. The van der Waals surface area contributed by atoms with Crippen LogP contribution >= 0.6 is 0 Å². The maximum Gasteiger partial charge on any atom is 0.122 e. The lowest BCUT2D eigenvalue weighted by molar-refractivity contribution is 0.331. The number of nitrogen functional groups attached to an aromatic ring is 1. The van der Waals surface area contributed by atoms with Crippen LogP contribution in [0.15, 0.2) is 18.5 Å². The van der Waals surface area contributed by atoms with Crippen molar-refractivity contribution in [1.82, 2.24) is 24.8 Å². The normalized spacial score (nSPS) is 16.4. The number of anilines is 1. The molecule has 0 bridgehead atoms. The molecule has 0 radical (unpaired) electrons. The van der Waals surface area contributed by atoms with Crippen molar-refractivity contribution in [2.24, 2.45) is 0 Å². The summed E-state index contributed by atoms with van der Waals surface area (Å²) in [5, 5.41) is 12.9. The van der Waals surface area contributed by atoms with Gasteiger partial charge < -0.3 is 5.73 Å². The predicted molar refractivity (Wildman–Crippen MR) is 63.4 cm³/mol. The lowest BCUT2D eigenvalue weighted by Gasteiger charge is -2.20. The van der Waals surface area contributed by atoms with Gasteiger partial charge in [0.05, 0.1) is 24.1 Å². The number of aromatic nitrogens is 5. The summed E-state index contributed by atoms with van der Waals surface area (Å²) in [6, 6.07) is 2.41. The van der Waals surface area contributed by atoms with Crippen LogP contribution in [0.3, 0.4) is 0 Å². The van der Waals surface area contributed by atoms with Gasteiger partial charge in [-0.25, -0.2) is 4.68 Å². The summed E-state index contributed by atoms with van der Waals surface area (Å²) in [7, 11) is 0. The first-order valence-electron chi connectivity index (χ1n) is 5.81. The van der Waals surface area contributed by atoms with E-state index in [-0.39, 0.29) is 5.54 Å². The second-order valence-corrected chi connectivity index (χ2v) is 5.01. The van der Waals surface area contributed by atoms with Gasteiger partial charge in [0.1, 0.15) is 11.4 Å². The molecular weight excluding hydrogens is 216 g/mol. The standard InChI is InChI=1S/C11H16N6/c1-11(2,17-13-5-6-14-17)9-7-10(12)16(15-9)8-3-4-8/h5-8H,3-4,12H2,1-2H3. The Morgan fingerprint density at radius 2 is 1.94 bits per heavy atom. The minimum Gasteiger partial charge on any atom is -0.384 e. The zero-order valence-corrected chi connectivity index (χ0v) is 10.0. The quantitative estimate of drug-likeness (QED) is 0.862. The van der Waals surface area contributed by atoms with Crippen molar-refractivity contribution < 1.29 is 0 Å². The van der Waals surface area contributed by atoms with Crippen LogP contribution in [0.25, 0.3) is 0 Å². The van der Waals surface area contributed by atoms with Crippen LogP contribution in [0, 0.1) is 0 Å². The van der Waals surface area contributed by atoms with Crippen LogP contribution in [-0.2, 0) is 5.54 Å². The van der Waals surface area contributed by atoms with Crippen LogP contribution in [0.4, 0.5) is 5.82 Å². The highest BCUT2D eigenvalue weighted by Crippen LogP contribution is 2.37. The fourth-order valence-electron chi connectivity index (χ4n) is 1.93. The van der Waals surface area contributed by atoms with E-state index in [0.717, 1.165) is 11.5 Å². The van der Waals surface area contributed by atoms with E-state index in [2.05, 4.69) is 15.3 Å². The number of nitrogens with two attached hydrogens (primary N) is 1. The molecule has 1 saturated carbocycles. The minimum absolute atomic E-state index is 0.377. The van der Waals surface area contributed by atoms with E-state index in [4.69, 9.17) is 5.73 Å². The Bertz CT molecular complexity index is 520. The van der Waals surface area contributed by atoms with Gasteiger partial charge in [0.25, 0.3) is 0 Å². The summed E-state index contributed by atoms with van der Waals surface area (Å²) in [5.41, 5.74) is 6.51. The van der Waals surface area contributed by atoms with E-state index in [9.17, 15) is 0 Å². The molecule has 90 valence electrons. The Kier molecular flexibility index (Phi) is 2.01. The maximum absolute atomic E-state index is 5.98. The van der Waals surface area contributed by atoms with Crippen molar-refractivity contribution >= 4 is 5.82 Å². The molecule has 0 amide bonds. The molecule has 2 aromatic rings. The molecule has 0 spiro atoms. The van der Waals surface area contributed by atoms with Gasteiger partial charge in [0.2, 0.25) is 0 Å². The Balaban J connectivity index is 2.00. The van der Waals surface area contributed by atoms with Crippen molar-refractivity contribution in [1.29, 1.82) is 0 Å². The SMILES string of the molecule is CC(C)(c1cc(N)n(C2CC2)n1)n1nccn1. The second-order valence-electron chi connectivity index (χ2n) is 5.01. The zero-order valence-electron chi connectivity index (χ0n) is 10.0. The first kappa shape index (κ1) is 10.3. The van der Waals surface area contributed by atoms with E-state index in [1.54, 1.807) is 17.2 Å². The minimum atomic E-state index is -0.377. The van der Waals surface area contributed by atoms with Gasteiger partial charge in [-0.05, 0) is 26.7 Å². The van der Waals surface area contributed by atoms with Crippen molar-refractivity contribution in [2.45, 2.75) is 38.3 Å². The lowest BCUT2D eigenvalue weighted by Crippen LogP contribution is -2.30. The first-order chi connectivity index (χ1) is 8.09. The number of nitrogens with zero attached hydrogens (tertiary/aromatic N) is 5. The summed E-state index contributed by atoms with van der Waals surface area (Å²) >= 11 is 0. The number of rotatable bonds is 3. The fraction of sp³-hybridized carbons (Fsp3) is 0.545. The van der Waals surface area contributed by atoms with Crippen LogP contribution in [0.1, 0.15) is 38.4 Å². The molecule has 6 heteroatoms. The Morgan fingerprint density at radius 1 is 1.29 bits per heavy atom. The van der Waals surface area contributed by atoms with Gasteiger partial charge in [-0.3, -0.25) is 0 Å². The van der Waals surface area contributed by atoms with E-state index in [0.29, 0.717) is 6.04 Å². The highest BCUT2D eigenvalue weighted by atomic mass is 15.5. The summed E-state index contributed by atoms with van der Waals surface area (Å²) in [6.45, 7) is 4.07. The van der Waals surface area contributed by atoms with Crippen molar-refractivity contribution in [3.8, 4) is 0 Å². The van der Waals surface area contributed by atoms with Crippen LogP contribution in [0.2, 0.25) is 0 Å². The number of hydrogen-bond acceptors (Lipinski definition) is 4. The molecule has 1 aliphatic rings. The zero-order chi connectivity index (χ0) is 12.0. The molecule has 1 fully saturated rings. The van der Waals surface area contributed by atoms with Gasteiger partial charge >= 0.3 is 0 Å². The van der Waals surface area contributed by atoms with Gasteiger partial charge in [-0.1, -0.05) is 0 Å². The predicted octanol–water partition coefficient (Wildman–Crippen LogP) is 1.18. The van der Waals surface area contributed by atoms with Crippen LogP contribution in [-0.4, -0.2) is 24.8 Å². The number of hydrogen-bond donors (Lipinski definition) is 1. The van der Waals surface area contributed by atoms with Gasteiger partial charge in [0, 0.05) is 6.07 Å². The molecule has 6 nitrogen and oxygen atoms in total. The molecule has 0 aliphatic heterocycles. The first-order valence-corrected chi connectivity index (χ1v) is 5.81. The molecule has 1 aliphatic carbocycles. The average molecular weight is 232 g/mol. The van der Waals surface area contributed by atoms with Crippen LogP contribution < -0.4 is 5.73 Å². The Morgan fingerprint density at radius 3 is 2.53 bits per heavy atom. The molecule has 3 rings (SSSR count). The molecule has 0 aromatic carbocycles. The molecular formula is C11H16N6. The van der Waals surface area contributed by atoms with Crippen molar-refractivity contribution in [2.75, 3.05) is 5.73 Å². The van der Waals surface area contributed by atoms with E-state index >= 15 is 0 Å². The smallest absolute Gasteiger partial charge is 0.122 e. The third-order valence-corrected chi connectivity index (χ3v) is 3.20. The van der Waals surface area contributed by atoms with Crippen molar-refractivity contribution in [3.05, 3.63) is 24.2 Å². The molecule has 2 heterocycles. The molecule has 0 unspecified atom stereocenters. The third-order valence-electron chi connectivity index (χ3n) is 3.20. The monoisotopic (exact) mass is 232 g/mol. The van der Waals surface area contributed by atoms with Crippen molar-refractivity contribution in [3.63, 3.8) is 0 Å². The third kappa shape index (κ3) is 1.60. The Hall–Kier alpha value is -1.85. The van der Waals surface area contributed by atoms with Gasteiger partial charge in [-0.2, -0.15) is 20.1 Å². The average Bonchev–Trinajstić information content (AvgIpc) is 2.81. The van der Waals surface area contributed by atoms with Crippen LogP contribution in [0.5, 0.6) is 0 Å².